The maximum Gasteiger partial charge on any atom is 0.0400 e. The molecule has 0 bridgehead atoms. The summed E-state index contributed by atoms with van der Waals surface area (Å²) in [6.45, 7) is 10.3. The predicted octanol–water partition coefficient (Wildman–Crippen LogP) is 3.65. The van der Waals surface area contributed by atoms with E-state index in [-0.39, 0.29) is 6.04 Å². The Morgan fingerprint density at radius 3 is 2.63 bits per heavy atom. The third kappa shape index (κ3) is 3.11. The lowest BCUT2D eigenvalue weighted by atomic mass is 9.98. The van der Waals surface area contributed by atoms with Gasteiger partial charge in [0, 0.05) is 23.8 Å². The van der Waals surface area contributed by atoms with Gasteiger partial charge in [-0.1, -0.05) is 19.1 Å². The Morgan fingerprint density at radius 2 is 2.11 bits per heavy atom. The summed E-state index contributed by atoms with van der Waals surface area (Å²) in [4.78, 5) is 2.56. The van der Waals surface area contributed by atoms with Crippen molar-refractivity contribution in [2.75, 3.05) is 11.4 Å². The van der Waals surface area contributed by atoms with E-state index in [4.69, 9.17) is 5.73 Å². The van der Waals surface area contributed by atoms with Crippen LogP contribution in [-0.4, -0.2) is 18.1 Å². The zero-order chi connectivity index (χ0) is 14.0. The molecule has 1 aliphatic heterocycles. The van der Waals surface area contributed by atoms with Gasteiger partial charge in [-0.2, -0.15) is 0 Å². The number of hydrogen-bond acceptors (Lipinski definition) is 2. The largest absolute Gasteiger partial charge is 0.366 e. The molecule has 2 N–H and O–H groups in total. The molecule has 0 spiro atoms. The molecule has 1 saturated heterocycles. The molecule has 1 unspecified atom stereocenters. The van der Waals surface area contributed by atoms with Crippen molar-refractivity contribution in [1.29, 1.82) is 0 Å². The smallest absolute Gasteiger partial charge is 0.0400 e. The summed E-state index contributed by atoms with van der Waals surface area (Å²) in [5.41, 5.74) is 10.5. The molecular weight excluding hydrogens is 232 g/mol. The minimum Gasteiger partial charge on any atom is -0.366 e. The molecular formula is C17H28N2. The van der Waals surface area contributed by atoms with Crippen LogP contribution >= 0.6 is 0 Å². The number of rotatable bonds is 4. The molecule has 1 aromatic rings. The summed E-state index contributed by atoms with van der Waals surface area (Å²) in [6.07, 6.45) is 4.62. The van der Waals surface area contributed by atoms with Crippen molar-refractivity contribution < 1.29 is 0 Å². The van der Waals surface area contributed by atoms with Gasteiger partial charge in [-0.3, -0.25) is 0 Å². The van der Waals surface area contributed by atoms with Crippen LogP contribution in [0.25, 0.3) is 0 Å². The maximum absolute atomic E-state index is 6.05. The van der Waals surface area contributed by atoms with Crippen molar-refractivity contribution in [2.45, 2.75) is 65.0 Å². The van der Waals surface area contributed by atoms with Gasteiger partial charge < -0.3 is 10.6 Å². The van der Waals surface area contributed by atoms with Crippen LogP contribution in [0.3, 0.4) is 0 Å². The highest BCUT2D eigenvalue weighted by Gasteiger charge is 2.32. The molecule has 19 heavy (non-hydrogen) atoms. The molecule has 1 fully saturated rings. The number of benzene rings is 1. The van der Waals surface area contributed by atoms with Crippen LogP contribution < -0.4 is 10.6 Å². The van der Waals surface area contributed by atoms with Gasteiger partial charge in [0.15, 0.2) is 0 Å². The average Bonchev–Trinajstić information content (AvgIpc) is 2.69. The average molecular weight is 260 g/mol. The maximum atomic E-state index is 6.05. The third-order valence-corrected chi connectivity index (χ3v) is 4.48. The lowest BCUT2D eigenvalue weighted by Crippen LogP contribution is -2.38. The monoisotopic (exact) mass is 260 g/mol. The van der Waals surface area contributed by atoms with Gasteiger partial charge in [0.25, 0.3) is 0 Å². The first-order chi connectivity index (χ1) is 8.94. The van der Waals surface area contributed by atoms with Crippen molar-refractivity contribution in [3.05, 3.63) is 29.3 Å². The lowest BCUT2D eigenvalue weighted by molar-refractivity contribution is 0.517. The van der Waals surface area contributed by atoms with Gasteiger partial charge in [-0.25, -0.2) is 0 Å². The molecule has 2 heteroatoms. The van der Waals surface area contributed by atoms with Crippen LogP contribution in [0.1, 0.15) is 51.2 Å². The minimum atomic E-state index is 0.286. The molecule has 2 nitrogen and oxygen atoms in total. The molecule has 106 valence electrons. The highest BCUT2D eigenvalue weighted by molar-refractivity contribution is 5.57. The van der Waals surface area contributed by atoms with Gasteiger partial charge in [0.05, 0.1) is 0 Å². The molecule has 0 saturated carbocycles. The van der Waals surface area contributed by atoms with Crippen LogP contribution in [-0.2, 0) is 6.42 Å². The van der Waals surface area contributed by atoms with E-state index in [1.165, 1.54) is 36.2 Å². The fraction of sp³-hybridized carbons (Fsp3) is 0.647. The van der Waals surface area contributed by atoms with E-state index >= 15 is 0 Å². The van der Waals surface area contributed by atoms with Gasteiger partial charge in [-0.05, 0) is 63.6 Å². The highest BCUT2D eigenvalue weighted by Crippen LogP contribution is 2.35. The van der Waals surface area contributed by atoms with Gasteiger partial charge in [0.2, 0.25) is 0 Å². The molecule has 0 radical (unpaired) electrons. The summed E-state index contributed by atoms with van der Waals surface area (Å²) >= 11 is 0. The van der Waals surface area contributed by atoms with Crippen LogP contribution in [0.2, 0.25) is 0 Å². The lowest BCUT2D eigenvalue weighted by Gasteiger charge is -2.35. The molecule has 1 aromatic carbocycles. The van der Waals surface area contributed by atoms with Crippen molar-refractivity contribution in [3.8, 4) is 0 Å². The van der Waals surface area contributed by atoms with Gasteiger partial charge >= 0.3 is 0 Å². The third-order valence-electron chi connectivity index (χ3n) is 4.48. The second kappa shape index (κ2) is 5.54. The second-order valence-electron chi connectivity index (χ2n) is 6.56. The summed E-state index contributed by atoms with van der Waals surface area (Å²) in [5, 5.41) is 0. The van der Waals surface area contributed by atoms with E-state index in [1.807, 2.05) is 0 Å². The highest BCUT2D eigenvalue weighted by atomic mass is 15.2. The van der Waals surface area contributed by atoms with Crippen molar-refractivity contribution >= 4 is 5.69 Å². The molecule has 0 aliphatic carbocycles. The van der Waals surface area contributed by atoms with Crippen LogP contribution in [0.5, 0.6) is 0 Å². The van der Waals surface area contributed by atoms with Crippen molar-refractivity contribution in [1.82, 2.24) is 0 Å². The van der Waals surface area contributed by atoms with E-state index in [2.05, 4.69) is 50.8 Å². The van der Waals surface area contributed by atoms with Crippen LogP contribution in [0, 0.1) is 6.92 Å². The fourth-order valence-electron chi connectivity index (χ4n) is 3.15. The van der Waals surface area contributed by atoms with Crippen LogP contribution in [0.15, 0.2) is 18.2 Å². The Kier molecular flexibility index (Phi) is 4.19. The van der Waals surface area contributed by atoms with Crippen LogP contribution in [0.4, 0.5) is 5.69 Å². The standard InChI is InChI=1S/C17H28N2/c1-5-15(18)12-14-7-8-16(13(2)11-14)19-10-6-9-17(19,3)4/h7-8,11,15H,5-6,9-10,12,18H2,1-4H3. The second-order valence-corrected chi connectivity index (χ2v) is 6.56. The molecule has 0 amide bonds. The summed E-state index contributed by atoms with van der Waals surface area (Å²) in [7, 11) is 0. The SMILES string of the molecule is CCC(N)Cc1ccc(N2CCCC2(C)C)c(C)c1. The number of anilines is 1. The Balaban J connectivity index is 2.20. The van der Waals surface area contributed by atoms with E-state index in [9.17, 15) is 0 Å². The first-order valence-corrected chi connectivity index (χ1v) is 7.57. The quantitative estimate of drug-likeness (QED) is 0.895. The first-order valence-electron chi connectivity index (χ1n) is 7.57. The Bertz CT molecular complexity index is 437. The zero-order valence-corrected chi connectivity index (χ0v) is 12.9. The molecule has 2 rings (SSSR count). The summed E-state index contributed by atoms with van der Waals surface area (Å²) in [6, 6.07) is 7.15. The Hall–Kier alpha value is -1.02. The topological polar surface area (TPSA) is 29.3 Å². The number of hydrogen-bond donors (Lipinski definition) is 1. The molecule has 1 aliphatic rings. The Morgan fingerprint density at radius 1 is 1.37 bits per heavy atom. The van der Waals surface area contributed by atoms with E-state index < -0.39 is 0 Å². The number of nitrogens with two attached hydrogens (primary N) is 1. The predicted molar refractivity (Wildman–Crippen MR) is 83.8 cm³/mol. The molecule has 0 aromatic heterocycles. The van der Waals surface area contributed by atoms with E-state index in [1.54, 1.807) is 0 Å². The van der Waals surface area contributed by atoms with Gasteiger partial charge in [-0.15, -0.1) is 0 Å². The van der Waals surface area contributed by atoms with Crippen molar-refractivity contribution in [2.24, 2.45) is 5.73 Å². The zero-order valence-electron chi connectivity index (χ0n) is 12.9. The van der Waals surface area contributed by atoms with Gasteiger partial charge in [0.1, 0.15) is 0 Å². The number of nitrogens with zero attached hydrogens (tertiary/aromatic N) is 1. The summed E-state index contributed by atoms with van der Waals surface area (Å²) in [5.74, 6) is 0. The Labute approximate surface area is 118 Å². The molecule has 1 atom stereocenters. The van der Waals surface area contributed by atoms with E-state index in [0.717, 1.165) is 12.8 Å². The van der Waals surface area contributed by atoms with E-state index in [0.29, 0.717) is 5.54 Å². The minimum absolute atomic E-state index is 0.286. The normalized spacial score (nSPS) is 19.7. The molecule has 1 heterocycles. The first kappa shape index (κ1) is 14.4. The fourth-order valence-corrected chi connectivity index (χ4v) is 3.15. The summed E-state index contributed by atoms with van der Waals surface area (Å²) < 4.78 is 0. The van der Waals surface area contributed by atoms with Crippen molar-refractivity contribution in [3.63, 3.8) is 0 Å². The number of aryl methyl sites for hydroxylation is 1.